The van der Waals surface area contributed by atoms with Gasteiger partial charge in [0.2, 0.25) is 0 Å². The molecule has 0 N–H and O–H groups in total. The van der Waals surface area contributed by atoms with Gasteiger partial charge < -0.3 is 0 Å². The third-order valence-electron chi connectivity index (χ3n) is 2.05. The van der Waals surface area contributed by atoms with Crippen LogP contribution in [0.3, 0.4) is 0 Å². The average molecular weight is 254 g/mol. The zero-order chi connectivity index (χ0) is 8.44. The molecule has 0 atom stereocenters. The third kappa shape index (κ3) is 2.13. The van der Waals surface area contributed by atoms with E-state index >= 15 is 0 Å². The van der Waals surface area contributed by atoms with Crippen LogP contribution in [0, 0.1) is 0 Å². The van der Waals surface area contributed by atoms with Crippen LogP contribution in [0.4, 0.5) is 0 Å². The zero-order valence-corrected chi connectivity index (χ0v) is 9.65. The first kappa shape index (κ1) is 9.24. The van der Waals surface area contributed by atoms with Gasteiger partial charge in [0.15, 0.2) is 0 Å². The van der Waals surface area contributed by atoms with E-state index < -0.39 is 13.3 Å². The summed E-state index contributed by atoms with van der Waals surface area (Å²) in [5.74, 6) is 0. The first-order chi connectivity index (χ1) is 5.79. The van der Waals surface area contributed by atoms with Crippen LogP contribution >= 0.6 is 10.0 Å². The van der Waals surface area contributed by atoms with Crippen molar-refractivity contribution in [1.82, 2.24) is 4.90 Å². The van der Waals surface area contributed by atoms with Crippen LogP contribution in [0.2, 0.25) is 0 Å². The van der Waals surface area contributed by atoms with E-state index in [1.54, 1.807) is 0 Å². The molecule has 0 aromatic carbocycles. The van der Waals surface area contributed by atoms with Gasteiger partial charge in [-0.15, -0.1) is 0 Å². The van der Waals surface area contributed by atoms with Crippen LogP contribution in [0.25, 0.3) is 0 Å². The summed E-state index contributed by atoms with van der Waals surface area (Å²) in [5.41, 5.74) is 0. The molecule has 0 aliphatic carbocycles. The Labute approximate surface area is 79.3 Å². The Morgan fingerprint density at radius 2 is 1.33 bits per heavy atom. The number of halogens is 1. The number of fused-ring (bicyclic) bond motifs is 6. The Morgan fingerprint density at radius 3 is 1.75 bits per heavy atom. The Bertz CT molecular complexity index is 144. The summed E-state index contributed by atoms with van der Waals surface area (Å²) in [5, 5.41) is 0. The Kier molecular flexibility index (Phi) is 2.94. The molecule has 12 heavy (non-hydrogen) atoms. The van der Waals surface area contributed by atoms with Gasteiger partial charge in [-0.25, -0.2) is 0 Å². The van der Waals surface area contributed by atoms with Gasteiger partial charge in [-0.1, -0.05) is 0 Å². The van der Waals surface area contributed by atoms with Crippen molar-refractivity contribution < 1.29 is 11.3 Å². The van der Waals surface area contributed by atoms with Gasteiger partial charge in [0.1, 0.15) is 0 Å². The van der Waals surface area contributed by atoms with Crippen LogP contribution in [-0.4, -0.2) is 57.7 Å². The molecule has 3 heterocycles. The Morgan fingerprint density at radius 1 is 0.917 bits per heavy atom. The molecule has 70 valence electrons. The topological polar surface area (TPSA) is 30.9 Å². The molecule has 0 unspecified atom stereocenters. The first-order valence-electron chi connectivity index (χ1n) is 4.12. The molecule has 6 heteroatoms. The maximum atomic E-state index is 6.08. The fourth-order valence-corrected chi connectivity index (χ4v) is 5.19. The van der Waals surface area contributed by atoms with Gasteiger partial charge in [0, 0.05) is 0 Å². The molecule has 3 aliphatic heterocycles. The van der Waals surface area contributed by atoms with Crippen molar-refractivity contribution >= 4 is 23.4 Å². The standard InChI is InChI=1S/C6H12ClGeNO3/c7-8-10-4-1-9(2-5-11-8)3-6-12-8/h1-6H2. The van der Waals surface area contributed by atoms with E-state index in [9.17, 15) is 0 Å². The first-order valence-corrected chi connectivity index (χ1v) is 9.44. The average Bonchev–Trinajstić information content (AvgIpc) is 1.93. The van der Waals surface area contributed by atoms with Gasteiger partial charge in [-0.2, -0.15) is 0 Å². The third-order valence-corrected chi connectivity index (χ3v) is 7.20. The molecule has 0 radical (unpaired) electrons. The van der Waals surface area contributed by atoms with Gasteiger partial charge in [-0.3, -0.25) is 0 Å². The number of hydrogen-bond acceptors (Lipinski definition) is 4. The molecule has 3 fully saturated rings. The Hall–Kier alpha value is 0.673. The molecule has 0 aromatic rings. The summed E-state index contributed by atoms with van der Waals surface area (Å²) in [4.78, 5) is 2.26. The fraction of sp³-hybridized carbons (Fsp3) is 1.00. The van der Waals surface area contributed by atoms with Crippen molar-refractivity contribution in [3.05, 3.63) is 0 Å². The molecule has 4 nitrogen and oxygen atoms in total. The Balaban J connectivity index is 2.06. The molecule has 3 saturated heterocycles. The van der Waals surface area contributed by atoms with E-state index in [1.807, 2.05) is 0 Å². The summed E-state index contributed by atoms with van der Waals surface area (Å²) in [7, 11) is 6.08. The summed E-state index contributed by atoms with van der Waals surface area (Å²) in [6, 6.07) is 0. The molecule has 3 aliphatic rings. The SMILES string of the molecule is [Cl][Ge]12[O]CCN(CC[O]1)CC[O]2. The summed E-state index contributed by atoms with van der Waals surface area (Å²) in [6.07, 6.45) is 0. The number of nitrogens with zero attached hydrogens (tertiary/aromatic N) is 1. The molecule has 0 amide bonds. The van der Waals surface area contributed by atoms with E-state index in [2.05, 4.69) is 4.90 Å². The normalized spacial score (nSPS) is 43.2. The zero-order valence-electron chi connectivity index (χ0n) is 6.79. The number of hydrogen-bond donors (Lipinski definition) is 0. The van der Waals surface area contributed by atoms with Crippen LogP contribution in [0.1, 0.15) is 0 Å². The van der Waals surface area contributed by atoms with Crippen molar-refractivity contribution in [3.63, 3.8) is 0 Å². The predicted octanol–water partition coefficient (Wildman–Crippen LogP) is 0.0398. The van der Waals surface area contributed by atoms with Crippen LogP contribution in [-0.2, 0) is 11.3 Å². The van der Waals surface area contributed by atoms with Crippen LogP contribution in [0.15, 0.2) is 0 Å². The van der Waals surface area contributed by atoms with Crippen molar-refractivity contribution in [2.45, 2.75) is 0 Å². The molecule has 0 aromatic heterocycles. The molecule has 0 saturated carbocycles. The van der Waals surface area contributed by atoms with Crippen LogP contribution < -0.4 is 0 Å². The minimum absolute atomic E-state index is 0.642. The van der Waals surface area contributed by atoms with E-state index in [0.717, 1.165) is 19.6 Å². The van der Waals surface area contributed by atoms with Gasteiger partial charge in [0.05, 0.1) is 0 Å². The van der Waals surface area contributed by atoms with Gasteiger partial charge >= 0.3 is 79.0 Å². The monoisotopic (exact) mass is 255 g/mol. The van der Waals surface area contributed by atoms with Crippen molar-refractivity contribution in [1.29, 1.82) is 0 Å². The summed E-state index contributed by atoms with van der Waals surface area (Å²) < 4.78 is 16.2. The second kappa shape index (κ2) is 3.81. The van der Waals surface area contributed by atoms with E-state index in [-0.39, 0.29) is 0 Å². The predicted molar refractivity (Wildman–Crippen MR) is 45.9 cm³/mol. The van der Waals surface area contributed by atoms with Crippen molar-refractivity contribution in [2.75, 3.05) is 39.5 Å². The van der Waals surface area contributed by atoms with Crippen molar-refractivity contribution in [2.24, 2.45) is 0 Å². The number of rotatable bonds is 0. The molecule has 0 spiro atoms. The molecule has 3 rings (SSSR count). The molecular formula is C6H12ClGeNO3. The second-order valence-corrected chi connectivity index (χ2v) is 9.11. The second-order valence-electron chi connectivity index (χ2n) is 2.87. The quantitative estimate of drug-likeness (QED) is 0.571. The van der Waals surface area contributed by atoms with E-state index in [4.69, 9.17) is 21.3 Å². The van der Waals surface area contributed by atoms with Gasteiger partial charge in [-0.05, 0) is 0 Å². The van der Waals surface area contributed by atoms with Gasteiger partial charge in [0.25, 0.3) is 0 Å². The van der Waals surface area contributed by atoms with Crippen LogP contribution in [0.5, 0.6) is 0 Å². The van der Waals surface area contributed by atoms with Crippen molar-refractivity contribution in [3.8, 4) is 0 Å². The summed E-state index contributed by atoms with van der Waals surface area (Å²) in [6.45, 7) is 4.78. The minimum atomic E-state index is -3.23. The summed E-state index contributed by atoms with van der Waals surface area (Å²) >= 11 is -3.23. The molecule has 2 bridgehead atoms. The van der Waals surface area contributed by atoms with E-state index in [0.29, 0.717) is 19.8 Å². The maximum absolute atomic E-state index is 6.08. The molecular weight excluding hydrogens is 242 g/mol. The van der Waals surface area contributed by atoms with E-state index in [1.165, 1.54) is 0 Å². The fourth-order valence-electron chi connectivity index (χ4n) is 1.35.